The summed E-state index contributed by atoms with van der Waals surface area (Å²) in [5.74, 6) is -0.0435. The molecule has 12 heavy (non-hydrogen) atoms. The zero-order chi connectivity index (χ0) is 8.72. The summed E-state index contributed by atoms with van der Waals surface area (Å²) in [6, 6.07) is 3.59. The third-order valence-electron chi connectivity index (χ3n) is 1.92. The van der Waals surface area contributed by atoms with Crippen LogP contribution in [0.1, 0.15) is 15.9 Å². The lowest BCUT2D eigenvalue weighted by atomic mass is 10.1. The second-order valence-electron chi connectivity index (χ2n) is 2.70. The van der Waals surface area contributed by atoms with Gasteiger partial charge in [-0.2, -0.15) is 0 Å². The van der Waals surface area contributed by atoms with Gasteiger partial charge >= 0.3 is 0 Å². The van der Waals surface area contributed by atoms with Gasteiger partial charge in [-0.15, -0.1) is 0 Å². The van der Waals surface area contributed by atoms with E-state index in [2.05, 4.69) is 21.2 Å². The SMILES string of the molecule is Nc1cc(Br)cc2c1CNC2=O. The van der Waals surface area contributed by atoms with Crippen molar-refractivity contribution in [1.29, 1.82) is 0 Å². The number of nitrogens with one attached hydrogen (secondary N) is 1. The molecule has 0 saturated carbocycles. The van der Waals surface area contributed by atoms with E-state index in [-0.39, 0.29) is 5.91 Å². The molecule has 0 radical (unpaired) electrons. The van der Waals surface area contributed by atoms with Crippen LogP contribution in [0.3, 0.4) is 0 Å². The van der Waals surface area contributed by atoms with Crippen LogP contribution in [0.5, 0.6) is 0 Å². The Morgan fingerprint density at radius 2 is 2.25 bits per heavy atom. The molecule has 1 aliphatic heterocycles. The topological polar surface area (TPSA) is 55.1 Å². The fraction of sp³-hybridized carbons (Fsp3) is 0.125. The average Bonchev–Trinajstić information content (AvgIpc) is 2.33. The lowest BCUT2D eigenvalue weighted by Crippen LogP contribution is -2.12. The van der Waals surface area contributed by atoms with Crippen molar-refractivity contribution in [2.45, 2.75) is 6.54 Å². The number of fused-ring (bicyclic) bond motifs is 1. The van der Waals surface area contributed by atoms with Crippen LogP contribution >= 0.6 is 15.9 Å². The molecule has 0 aliphatic carbocycles. The number of carbonyl (C=O) groups is 1. The number of rotatable bonds is 0. The summed E-state index contributed by atoms with van der Waals surface area (Å²) >= 11 is 3.28. The molecule has 0 unspecified atom stereocenters. The molecule has 1 heterocycles. The van der Waals surface area contributed by atoms with Gasteiger partial charge in [-0.3, -0.25) is 4.79 Å². The fourth-order valence-electron chi connectivity index (χ4n) is 1.32. The molecule has 0 fully saturated rings. The minimum Gasteiger partial charge on any atom is -0.398 e. The van der Waals surface area contributed by atoms with Crippen LogP contribution in [0.25, 0.3) is 0 Å². The zero-order valence-electron chi connectivity index (χ0n) is 6.23. The first-order valence-electron chi connectivity index (χ1n) is 3.54. The Labute approximate surface area is 78.1 Å². The summed E-state index contributed by atoms with van der Waals surface area (Å²) in [4.78, 5) is 11.2. The fourth-order valence-corrected chi connectivity index (χ4v) is 1.80. The number of hydrogen-bond donors (Lipinski definition) is 2. The van der Waals surface area contributed by atoms with Gasteiger partial charge in [-0.05, 0) is 12.1 Å². The molecule has 4 heteroatoms. The van der Waals surface area contributed by atoms with Crippen molar-refractivity contribution in [3.63, 3.8) is 0 Å². The van der Waals surface area contributed by atoms with E-state index in [1.807, 2.05) is 0 Å². The van der Waals surface area contributed by atoms with E-state index < -0.39 is 0 Å². The van der Waals surface area contributed by atoms with Crippen molar-refractivity contribution < 1.29 is 4.79 Å². The molecule has 0 atom stereocenters. The first-order valence-corrected chi connectivity index (χ1v) is 4.34. The molecular formula is C8H7BrN2O. The van der Waals surface area contributed by atoms with Crippen molar-refractivity contribution in [3.8, 4) is 0 Å². The van der Waals surface area contributed by atoms with Crippen LogP contribution in [-0.4, -0.2) is 5.91 Å². The van der Waals surface area contributed by atoms with Crippen LogP contribution in [0, 0.1) is 0 Å². The molecule has 1 amide bonds. The van der Waals surface area contributed by atoms with Crippen molar-refractivity contribution in [2.75, 3.05) is 5.73 Å². The monoisotopic (exact) mass is 226 g/mol. The summed E-state index contributed by atoms with van der Waals surface area (Å²) < 4.78 is 0.843. The highest BCUT2D eigenvalue weighted by Gasteiger charge is 2.20. The van der Waals surface area contributed by atoms with Gasteiger partial charge in [0.2, 0.25) is 0 Å². The maximum absolute atomic E-state index is 11.2. The summed E-state index contributed by atoms with van der Waals surface area (Å²) in [5.41, 5.74) is 7.97. The van der Waals surface area contributed by atoms with Crippen molar-refractivity contribution >= 4 is 27.5 Å². The lowest BCUT2D eigenvalue weighted by molar-refractivity contribution is 0.0965. The molecule has 1 aromatic carbocycles. The van der Waals surface area contributed by atoms with Crippen LogP contribution in [0.15, 0.2) is 16.6 Å². The van der Waals surface area contributed by atoms with Crippen LogP contribution in [0.4, 0.5) is 5.69 Å². The smallest absolute Gasteiger partial charge is 0.252 e. The number of carbonyl (C=O) groups excluding carboxylic acids is 1. The van der Waals surface area contributed by atoms with Crippen molar-refractivity contribution in [2.24, 2.45) is 0 Å². The summed E-state index contributed by atoms with van der Waals surface area (Å²) in [6.45, 7) is 0.549. The number of amides is 1. The van der Waals surface area contributed by atoms with Gasteiger partial charge in [0.1, 0.15) is 0 Å². The standard InChI is InChI=1S/C8H7BrN2O/c9-4-1-5-6(7(10)2-4)3-11-8(5)12/h1-2H,3,10H2,(H,11,12). The molecule has 0 spiro atoms. The number of nitrogen functional groups attached to an aromatic ring is 1. The van der Waals surface area contributed by atoms with Gasteiger partial charge in [-0.1, -0.05) is 15.9 Å². The minimum absolute atomic E-state index is 0.0435. The van der Waals surface area contributed by atoms with Gasteiger partial charge in [0.15, 0.2) is 0 Å². The maximum atomic E-state index is 11.2. The summed E-state index contributed by atoms with van der Waals surface area (Å²) in [7, 11) is 0. The number of hydrogen-bond acceptors (Lipinski definition) is 2. The van der Waals surface area contributed by atoms with E-state index in [1.54, 1.807) is 12.1 Å². The van der Waals surface area contributed by atoms with Crippen LogP contribution in [0.2, 0.25) is 0 Å². The Morgan fingerprint density at radius 3 is 3.00 bits per heavy atom. The van der Waals surface area contributed by atoms with Crippen molar-refractivity contribution in [3.05, 3.63) is 27.7 Å². The second-order valence-corrected chi connectivity index (χ2v) is 3.62. The Kier molecular flexibility index (Phi) is 1.58. The largest absolute Gasteiger partial charge is 0.398 e. The van der Waals surface area contributed by atoms with E-state index in [1.165, 1.54) is 0 Å². The lowest BCUT2D eigenvalue weighted by Gasteiger charge is -2.01. The molecule has 1 aromatic rings. The third-order valence-corrected chi connectivity index (χ3v) is 2.38. The van der Waals surface area contributed by atoms with Gasteiger partial charge in [0, 0.05) is 27.8 Å². The Bertz CT molecular complexity index is 362. The quantitative estimate of drug-likeness (QED) is 0.656. The van der Waals surface area contributed by atoms with E-state index >= 15 is 0 Å². The first-order chi connectivity index (χ1) is 5.68. The molecule has 0 bridgehead atoms. The van der Waals surface area contributed by atoms with Crippen molar-refractivity contribution in [1.82, 2.24) is 5.32 Å². The van der Waals surface area contributed by atoms with E-state index in [4.69, 9.17) is 5.73 Å². The highest BCUT2D eigenvalue weighted by molar-refractivity contribution is 9.10. The molecule has 3 N–H and O–H groups in total. The molecule has 3 nitrogen and oxygen atoms in total. The Morgan fingerprint density at radius 1 is 1.50 bits per heavy atom. The van der Waals surface area contributed by atoms with Crippen LogP contribution < -0.4 is 11.1 Å². The van der Waals surface area contributed by atoms with Gasteiger partial charge in [0.05, 0.1) is 0 Å². The third kappa shape index (κ3) is 0.992. The Hall–Kier alpha value is -1.03. The predicted molar refractivity (Wildman–Crippen MR) is 49.7 cm³/mol. The van der Waals surface area contributed by atoms with Crippen LogP contribution in [-0.2, 0) is 6.54 Å². The highest BCUT2D eigenvalue weighted by Crippen LogP contribution is 2.26. The number of benzene rings is 1. The zero-order valence-corrected chi connectivity index (χ0v) is 7.81. The maximum Gasteiger partial charge on any atom is 0.252 e. The van der Waals surface area contributed by atoms with E-state index in [0.29, 0.717) is 17.8 Å². The average molecular weight is 227 g/mol. The number of nitrogens with two attached hydrogens (primary N) is 1. The molecular weight excluding hydrogens is 220 g/mol. The molecule has 0 saturated heterocycles. The molecule has 0 aromatic heterocycles. The van der Waals surface area contributed by atoms with E-state index in [9.17, 15) is 4.79 Å². The summed E-state index contributed by atoms with van der Waals surface area (Å²) in [5, 5.41) is 2.71. The number of anilines is 1. The van der Waals surface area contributed by atoms with Gasteiger partial charge < -0.3 is 11.1 Å². The first kappa shape index (κ1) is 7.61. The van der Waals surface area contributed by atoms with E-state index in [0.717, 1.165) is 10.0 Å². The highest BCUT2D eigenvalue weighted by atomic mass is 79.9. The predicted octanol–water partition coefficient (Wildman–Crippen LogP) is 1.27. The normalized spacial score (nSPS) is 14.2. The minimum atomic E-state index is -0.0435. The Balaban J connectivity index is 2.68. The van der Waals surface area contributed by atoms with Gasteiger partial charge in [0.25, 0.3) is 5.91 Å². The van der Waals surface area contributed by atoms with Gasteiger partial charge in [-0.25, -0.2) is 0 Å². The second kappa shape index (κ2) is 2.48. The molecule has 2 rings (SSSR count). The molecule has 62 valence electrons. The number of halogens is 1. The summed E-state index contributed by atoms with van der Waals surface area (Å²) in [6.07, 6.45) is 0. The molecule has 1 aliphatic rings.